The number of aromatic nitrogens is 1. The SMILES string of the molecule is CC(C)OC(=O)C1=CN(C(=O)c2cccc(CNC3CCNCC3)c2)CC(C)(C)c2c1[nH]c1ccccc21. The summed E-state index contributed by atoms with van der Waals surface area (Å²) in [7, 11) is 0. The number of benzene rings is 2. The largest absolute Gasteiger partial charge is 0.459 e. The van der Waals surface area contributed by atoms with Gasteiger partial charge in [0.15, 0.2) is 0 Å². The van der Waals surface area contributed by atoms with Crippen LogP contribution in [0.5, 0.6) is 0 Å². The normalized spacial score (nSPS) is 17.7. The highest BCUT2D eigenvalue weighted by Gasteiger charge is 2.37. The van der Waals surface area contributed by atoms with Crippen molar-refractivity contribution in [1.82, 2.24) is 20.5 Å². The molecule has 200 valence electrons. The van der Waals surface area contributed by atoms with Crippen molar-refractivity contribution in [2.24, 2.45) is 0 Å². The molecule has 0 unspecified atom stereocenters. The number of nitrogens with one attached hydrogen (secondary N) is 3. The summed E-state index contributed by atoms with van der Waals surface area (Å²) >= 11 is 0. The van der Waals surface area contributed by atoms with Crippen LogP contribution >= 0.6 is 0 Å². The van der Waals surface area contributed by atoms with Crippen molar-refractivity contribution < 1.29 is 14.3 Å². The van der Waals surface area contributed by atoms with Gasteiger partial charge in [0.05, 0.1) is 17.4 Å². The number of piperidine rings is 1. The third-order valence-corrected chi connectivity index (χ3v) is 7.43. The molecule has 1 saturated heterocycles. The van der Waals surface area contributed by atoms with Gasteiger partial charge in [-0.25, -0.2) is 4.79 Å². The zero-order valence-corrected chi connectivity index (χ0v) is 22.8. The Labute approximate surface area is 224 Å². The molecule has 0 spiro atoms. The lowest BCUT2D eigenvalue weighted by molar-refractivity contribution is -0.140. The first-order valence-corrected chi connectivity index (χ1v) is 13.6. The van der Waals surface area contributed by atoms with E-state index in [-0.39, 0.29) is 12.0 Å². The average Bonchev–Trinajstić information content (AvgIpc) is 3.25. The number of aromatic amines is 1. The fourth-order valence-corrected chi connectivity index (χ4v) is 5.65. The van der Waals surface area contributed by atoms with Crippen molar-refractivity contribution in [2.45, 2.75) is 64.6 Å². The quantitative estimate of drug-likeness (QED) is 0.414. The summed E-state index contributed by atoms with van der Waals surface area (Å²) in [6, 6.07) is 16.3. The van der Waals surface area contributed by atoms with Gasteiger partial charge in [-0.2, -0.15) is 0 Å². The maximum Gasteiger partial charge on any atom is 0.342 e. The van der Waals surface area contributed by atoms with E-state index < -0.39 is 11.4 Å². The van der Waals surface area contributed by atoms with Crippen LogP contribution in [0.25, 0.3) is 16.5 Å². The summed E-state index contributed by atoms with van der Waals surface area (Å²) in [6.07, 6.45) is 3.61. The van der Waals surface area contributed by atoms with Crippen LogP contribution in [0.4, 0.5) is 0 Å². The smallest absolute Gasteiger partial charge is 0.342 e. The summed E-state index contributed by atoms with van der Waals surface area (Å²) < 4.78 is 5.63. The highest BCUT2D eigenvalue weighted by atomic mass is 16.5. The third-order valence-electron chi connectivity index (χ3n) is 7.43. The van der Waals surface area contributed by atoms with Crippen LogP contribution < -0.4 is 10.6 Å². The second kappa shape index (κ2) is 10.8. The van der Waals surface area contributed by atoms with Gasteiger partial charge in [-0.05, 0) is 69.1 Å². The first kappa shape index (κ1) is 26.2. The number of hydrogen-bond donors (Lipinski definition) is 3. The molecular formula is C31H38N4O3. The molecule has 0 atom stereocenters. The number of hydrogen-bond acceptors (Lipinski definition) is 5. The first-order valence-electron chi connectivity index (χ1n) is 13.6. The van der Waals surface area contributed by atoms with E-state index in [1.165, 1.54) is 0 Å². The van der Waals surface area contributed by atoms with Crippen molar-refractivity contribution >= 4 is 28.4 Å². The summed E-state index contributed by atoms with van der Waals surface area (Å²) in [6.45, 7) is 11.1. The summed E-state index contributed by atoms with van der Waals surface area (Å²) in [5.41, 5.74) is 4.33. The van der Waals surface area contributed by atoms with Gasteiger partial charge in [0.2, 0.25) is 0 Å². The molecule has 2 aliphatic heterocycles. The number of para-hydroxylation sites is 1. The van der Waals surface area contributed by atoms with Gasteiger partial charge in [0.25, 0.3) is 5.91 Å². The van der Waals surface area contributed by atoms with Crippen LogP contribution in [0.2, 0.25) is 0 Å². The second-order valence-corrected chi connectivity index (χ2v) is 11.3. The third kappa shape index (κ3) is 5.40. The molecule has 0 radical (unpaired) electrons. The van der Waals surface area contributed by atoms with E-state index in [1.54, 1.807) is 11.1 Å². The molecule has 2 aromatic carbocycles. The van der Waals surface area contributed by atoms with Crippen molar-refractivity contribution in [3.63, 3.8) is 0 Å². The molecule has 0 aliphatic carbocycles. The number of ether oxygens (including phenoxy) is 1. The first-order chi connectivity index (χ1) is 18.2. The molecule has 1 aromatic heterocycles. The molecule has 1 fully saturated rings. The van der Waals surface area contributed by atoms with Crippen LogP contribution in [0.3, 0.4) is 0 Å². The standard InChI is InChI=1S/C31H38N4O3/c1-20(2)38-30(37)25-18-35(19-31(3,4)27-24-10-5-6-11-26(24)34-28(25)27)29(36)22-9-7-8-21(16-22)17-33-23-12-14-32-15-13-23/h5-11,16,18,20,23,32-34H,12-15,17,19H2,1-4H3. The van der Waals surface area contributed by atoms with Gasteiger partial charge in [-0.15, -0.1) is 0 Å². The van der Waals surface area contributed by atoms with E-state index in [9.17, 15) is 9.59 Å². The van der Waals surface area contributed by atoms with E-state index >= 15 is 0 Å². The molecule has 5 rings (SSSR count). The Kier molecular flexibility index (Phi) is 7.41. The molecule has 38 heavy (non-hydrogen) atoms. The second-order valence-electron chi connectivity index (χ2n) is 11.3. The number of esters is 1. The molecule has 7 heteroatoms. The van der Waals surface area contributed by atoms with Crippen molar-refractivity contribution in [1.29, 1.82) is 0 Å². The topological polar surface area (TPSA) is 86.5 Å². The lowest BCUT2D eigenvalue weighted by Crippen LogP contribution is -2.39. The van der Waals surface area contributed by atoms with Gasteiger partial charge in [0, 0.05) is 47.2 Å². The lowest BCUT2D eigenvalue weighted by atomic mass is 9.81. The molecule has 3 aromatic rings. The van der Waals surface area contributed by atoms with E-state index in [0.29, 0.717) is 23.7 Å². The Morgan fingerprint density at radius 1 is 1.11 bits per heavy atom. The van der Waals surface area contributed by atoms with Gasteiger partial charge < -0.3 is 25.3 Å². The monoisotopic (exact) mass is 514 g/mol. The molecule has 0 bridgehead atoms. The summed E-state index contributed by atoms with van der Waals surface area (Å²) in [5, 5.41) is 8.07. The minimum Gasteiger partial charge on any atom is -0.459 e. The number of rotatable bonds is 6. The Bertz CT molecular complexity index is 1360. The number of H-pyrrole nitrogens is 1. The van der Waals surface area contributed by atoms with Crippen LogP contribution in [-0.2, 0) is 21.5 Å². The highest BCUT2D eigenvalue weighted by molar-refractivity contribution is 6.18. The number of carbonyl (C=O) groups excluding carboxylic acids is 2. The summed E-state index contributed by atoms with van der Waals surface area (Å²) in [5.74, 6) is -0.575. The zero-order chi connectivity index (χ0) is 26.9. The Morgan fingerprint density at radius 3 is 2.63 bits per heavy atom. The van der Waals surface area contributed by atoms with Crippen molar-refractivity contribution in [3.05, 3.63) is 77.1 Å². The minimum absolute atomic E-state index is 0.133. The molecule has 2 aliphatic rings. The van der Waals surface area contributed by atoms with Gasteiger partial charge in [-0.1, -0.05) is 44.2 Å². The summed E-state index contributed by atoms with van der Waals surface area (Å²) in [4.78, 5) is 32.4. The van der Waals surface area contributed by atoms with Gasteiger partial charge >= 0.3 is 5.97 Å². The molecule has 7 nitrogen and oxygen atoms in total. The Morgan fingerprint density at radius 2 is 1.87 bits per heavy atom. The molecular weight excluding hydrogens is 476 g/mol. The van der Waals surface area contributed by atoms with E-state index in [1.807, 2.05) is 50.2 Å². The van der Waals surface area contributed by atoms with E-state index in [2.05, 4.69) is 41.6 Å². The van der Waals surface area contributed by atoms with Gasteiger partial charge in [0.1, 0.15) is 0 Å². The maximum atomic E-state index is 13.9. The maximum absolute atomic E-state index is 13.9. The number of amides is 1. The van der Waals surface area contributed by atoms with E-state index in [4.69, 9.17) is 4.74 Å². The molecule has 0 saturated carbocycles. The van der Waals surface area contributed by atoms with Crippen LogP contribution in [0, 0.1) is 0 Å². The molecule has 1 amide bonds. The molecule has 3 heterocycles. The van der Waals surface area contributed by atoms with Crippen LogP contribution in [-0.4, -0.2) is 53.5 Å². The number of nitrogens with zero attached hydrogens (tertiary/aromatic N) is 1. The molecule has 3 N–H and O–H groups in total. The van der Waals surface area contributed by atoms with Crippen molar-refractivity contribution in [2.75, 3.05) is 19.6 Å². The number of carbonyl (C=O) groups is 2. The van der Waals surface area contributed by atoms with Crippen LogP contribution in [0.15, 0.2) is 54.7 Å². The average molecular weight is 515 g/mol. The highest BCUT2D eigenvalue weighted by Crippen LogP contribution is 2.40. The Balaban J connectivity index is 1.48. The van der Waals surface area contributed by atoms with Gasteiger partial charge in [-0.3, -0.25) is 4.79 Å². The zero-order valence-electron chi connectivity index (χ0n) is 22.8. The van der Waals surface area contributed by atoms with Crippen molar-refractivity contribution in [3.8, 4) is 0 Å². The Hall–Kier alpha value is -3.42. The number of fused-ring (bicyclic) bond motifs is 3. The fourth-order valence-electron chi connectivity index (χ4n) is 5.65. The van der Waals surface area contributed by atoms with Crippen LogP contribution in [0.1, 0.15) is 67.7 Å². The predicted octanol–water partition coefficient (Wildman–Crippen LogP) is 4.74. The van der Waals surface area contributed by atoms with E-state index in [0.717, 1.165) is 60.2 Å². The fraction of sp³-hybridized carbons (Fsp3) is 0.419. The predicted molar refractivity (Wildman–Crippen MR) is 151 cm³/mol. The minimum atomic E-state index is -0.441. The lowest BCUT2D eigenvalue weighted by Gasteiger charge is -2.30.